The van der Waals surface area contributed by atoms with Crippen LogP contribution in [0.5, 0.6) is 0 Å². The summed E-state index contributed by atoms with van der Waals surface area (Å²) in [5.74, 6) is 2.69. The minimum atomic E-state index is -0.429. The number of piperidine rings is 1. The zero-order valence-electron chi connectivity index (χ0n) is 9.67. The van der Waals surface area contributed by atoms with Crippen molar-refractivity contribution < 1.29 is 9.53 Å². The second-order valence-corrected chi connectivity index (χ2v) is 4.89. The second-order valence-electron chi connectivity index (χ2n) is 4.89. The van der Waals surface area contributed by atoms with Gasteiger partial charge >= 0.3 is 91.1 Å². The van der Waals surface area contributed by atoms with Crippen molar-refractivity contribution in [2.45, 2.75) is 39.2 Å². The molecule has 0 saturated carbocycles. The van der Waals surface area contributed by atoms with Gasteiger partial charge in [0.25, 0.3) is 0 Å². The molecule has 3 heteroatoms. The van der Waals surface area contributed by atoms with E-state index in [0.717, 1.165) is 12.8 Å². The van der Waals surface area contributed by atoms with E-state index in [0.29, 0.717) is 13.1 Å². The third-order valence-corrected chi connectivity index (χ3v) is 2.35. The Bertz CT molecular complexity index is 264. The Balaban J connectivity index is 2.41. The van der Waals surface area contributed by atoms with Crippen LogP contribution < -0.4 is 0 Å². The number of carbonyl (C=O) groups is 1. The van der Waals surface area contributed by atoms with E-state index in [4.69, 9.17) is 11.2 Å². The molecule has 1 fully saturated rings. The Morgan fingerprint density at radius 2 is 1.93 bits per heavy atom. The van der Waals surface area contributed by atoms with Gasteiger partial charge in [-0.25, -0.2) is 0 Å². The second kappa shape index (κ2) is 4.71. The number of ether oxygens (including phenoxy) is 1. The van der Waals surface area contributed by atoms with E-state index in [1.807, 2.05) is 20.8 Å². The van der Waals surface area contributed by atoms with Crippen molar-refractivity contribution in [2.75, 3.05) is 13.1 Å². The molecule has 0 aromatic rings. The summed E-state index contributed by atoms with van der Waals surface area (Å²) in [5, 5.41) is 0. The van der Waals surface area contributed by atoms with Crippen LogP contribution in [0.2, 0.25) is 0 Å². The Morgan fingerprint density at radius 3 is 2.33 bits per heavy atom. The number of amides is 1. The molecule has 0 aromatic carbocycles. The molecule has 0 unspecified atom stereocenters. The van der Waals surface area contributed by atoms with E-state index >= 15 is 0 Å². The van der Waals surface area contributed by atoms with Gasteiger partial charge in [-0.1, -0.05) is 0 Å². The molecule has 0 aromatic heterocycles. The molecule has 82 valence electrons. The molecule has 0 aliphatic carbocycles. The van der Waals surface area contributed by atoms with Crippen LogP contribution in [0, 0.1) is 18.3 Å². The first-order chi connectivity index (χ1) is 6.92. The number of carbonyl (C=O) groups excluding carboxylic acids is 1. The van der Waals surface area contributed by atoms with E-state index in [-0.39, 0.29) is 12.0 Å². The monoisotopic (exact) mass is 208 g/mol. The predicted octanol–water partition coefficient (Wildman–Crippen LogP) is 2.22. The first-order valence-electron chi connectivity index (χ1n) is 5.32. The third-order valence-electron chi connectivity index (χ3n) is 2.35. The van der Waals surface area contributed by atoms with Crippen molar-refractivity contribution in [1.82, 2.24) is 4.90 Å². The molecule has 1 rings (SSSR count). The van der Waals surface area contributed by atoms with Crippen LogP contribution in [0.1, 0.15) is 33.6 Å². The zero-order valence-corrected chi connectivity index (χ0v) is 9.67. The van der Waals surface area contributed by atoms with Crippen LogP contribution in [0.4, 0.5) is 4.79 Å². The van der Waals surface area contributed by atoms with Gasteiger partial charge in [0, 0.05) is 0 Å². The fraction of sp³-hybridized carbons (Fsp3) is 0.750. The molecular weight excluding hydrogens is 190 g/mol. The maximum absolute atomic E-state index is 11.6. The van der Waals surface area contributed by atoms with Gasteiger partial charge in [0.05, 0.1) is 0 Å². The SMILES string of the molecule is [C+]#CC1CCN(C(=O)OC(C)(C)C)CC1. The molecule has 0 spiro atoms. The van der Waals surface area contributed by atoms with E-state index in [9.17, 15) is 4.79 Å². The molecule has 0 atom stereocenters. The Kier molecular flexibility index (Phi) is 3.81. The standard InChI is InChI=1S/C12H18NO2/c1-5-10-6-8-13(9-7-10)11(14)15-12(2,3)4/h10H,6-9H2,2-4H3/q+1. The quantitative estimate of drug-likeness (QED) is 0.451. The molecule has 0 radical (unpaired) electrons. The fourth-order valence-electron chi connectivity index (χ4n) is 1.53. The summed E-state index contributed by atoms with van der Waals surface area (Å²) >= 11 is 0. The van der Waals surface area contributed by atoms with Crippen molar-refractivity contribution in [2.24, 2.45) is 5.92 Å². The third kappa shape index (κ3) is 3.96. The van der Waals surface area contributed by atoms with Crippen LogP contribution >= 0.6 is 0 Å². The van der Waals surface area contributed by atoms with Gasteiger partial charge < -0.3 is 0 Å². The molecule has 1 saturated heterocycles. The van der Waals surface area contributed by atoms with Crippen molar-refractivity contribution in [3.05, 3.63) is 6.42 Å². The first kappa shape index (κ1) is 12.1. The van der Waals surface area contributed by atoms with Gasteiger partial charge in [-0.05, 0) is 0 Å². The van der Waals surface area contributed by atoms with Gasteiger partial charge in [0.2, 0.25) is 0 Å². The van der Waals surface area contributed by atoms with Crippen molar-refractivity contribution >= 4 is 6.09 Å². The number of rotatable bonds is 0. The summed E-state index contributed by atoms with van der Waals surface area (Å²) in [6.45, 7) is 6.94. The predicted molar refractivity (Wildman–Crippen MR) is 57.7 cm³/mol. The number of nitrogens with zero attached hydrogens (tertiary/aromatic N) is 1. The van der Waals surface area contributed by atoms with Crippen molar-refractivity contribution in [1.29, 1.82) is 0 Å². The molecule has 1 aliphatic heterocycles. The summed E-state index contributed by atoms with van der Waals surface area (Å²) in [7, 11) is 0. The zero-order chi connectivity index (χ0) is 11.5. The Morgan fingerprint density at radius 1 is 1.40 bits per heavy atom. The van der Waals surface area contributed by atoms with Crippen molar-refractivity contribution in [3.8, 4) is 5.92 Å². The molecular formula is C12H18NO2+. The number of hydrogen-bond donors (Lipinski definition) is 0. The van der Waals surface area contributed by atoms with Gasteiger partial charge in [-0.15, -0.1) is 0 Å². The Hall–Kier alpha value is -0.950. The molecule has 1 amide bonds. The van der Waals surface area contributed by atoms with Gasteiger partial charge in [-0.2, -0.15) is 0 Å². The van der Waals surface area contributed by atoms with Crippen LogP contribution in [-0.4, -0.2) is 29.7 Å². The normalized spacial score (nSPS) is 18.6. The summed E-state index contributed by atoms with van der Waals surface area (Å²) in [6, 6.07) is 0. The van der Waals surface area contributed by atoms with Crippen LogP contribution in [0.25, 0.3) is 0 Å². The molecule has 1 aliphatic rings. The topological polar surface area (TPSA) is 29.5 Å². The first-order valence-corrected chi connectivity index (χ1v) is 5.32. The molecule has 15 heavy (non-hydrogen) atoms. The van der Waals surface area contributed by atoms with Gasteiger partial charge in [-0.3, -0.25) is 0 Å². The van der Waals surface area contributed by atoms with Crippen LogP contribution in [-0.2, 0) is 4.74 Å². The van der Waals surface area contributed by atoms with Gasteiger partial charge in [0.1, 0.15) is 0 Å². The molecule has 0 bridgehead atoms. The molecule has 3 nitrogen and oxygen atoms in total. The summed E-state index contributed by atoms with van der Waals surface area (Å²) in [6.07, 6.45) is 8.43. The van der Waals surface area contributed by atoms with Crippen molar-refractivity contribution in [3.63, 3.8) is 0 Å². The summed E-state index contributed by atoms with van der Waals surface area (Å²) in [5.41, 5.74) is -0.429. The Labute approximate surface area is 91.8 Å². The molecule has 1 heterocycles. The molecule has 0 N–H and O–H groups in total. The number of likely N-dealkylation sites (tertiary alicyclic amines) is 1. The van der Waals surface area contributed by atoms with Crippen LogP contribution in [0.3, 0.4) is 0 Å². The average molecular weight is 208 g/mol. The fourth-order valence-corrected chi connectivity index (χ4v) is 1.53. The van der Waals surface area contributed by atoms with Gasteiger partial charge in [0.15, 0.2) is 0 Å². The summed E-state index contributed by atoms with van der Waals surface area (Å²) in [4.78, 5) is 13.4. The van der Waals surface area contributed by atoms with E-state index in [2.05, 4.69) is 5.92 Å². The number of hydrogen-bond acceptors (Lipinski definition) is 2. The van der Waals surface area contributed by atoms with E-state index in [1.165, 1.54) is 0 Å². The van der Waals surface area contributed by atoms with E-state index < -0.39 is 5.60 Å². The van der Waals surface area contributed by atoms with Crippen LogP contribution in [0.15, 0.2) is 0 Å². The van der Waals surface area contributed by atoms with E-state index in [1.54, 1.807) is 4.90 Å². The minimum absolute atomic E-state index is 0.212. The summed E-state index contributed by atoms with van der Waals surface area (Å²) < 4.78 is 5.27. The average Bonchev–Trinajstić information content (AvgIpc) is 2.15. The maximum atomic E-state index is 11.6.